The first-order valence-corrected chi connectivity index (χ1v) is 11.6. The highest BCUT2D eigenvalue weighted by Gasteiger charge is 2.35. The van der Waals surface area contributed by atoms with Crippen LogP contribution in [-0.2, 0) is 6.54 Å². The molecule has 0 aliphatic carbocycles. The second-order valence-corrected chi connectivity index (χ2v) is 9.15. The average Bonchev–Trinajstić information content (AvgIpc) is 3.27. The first-order valence-electron chi connectivity index (χ1n) is 11.2. The number of carbonyl (C=O) groups is 1. The topological polar surface area (TPSA) is 59.5 Å². The molecular weight excluding hydrogens is 477 g/mol. The van der Waals surface area contributed by atoms with E-state index in [0.29, 0.717) is 27.5 Å². The van der Waals surface area contributed by atoms with Crippen LogP contribution in [0.2, 0.25) is 5.02 Å². The van der Waals surface area contributed by atoms with Gasteiger partial charge in [-0.3, -0.25) is 4.79 Å². The lowest BCUT2D eigenvalue weighted by atomic mass is 9.95. The molecule has 0 atom stereocenters. The summed E-state index contributed by atoms with van der Waals surface area (Å²) < 4.78 is 48.1. The predicted molar refractivity (Wildman–Crippen MR) is 130 cm³/mol. The van der Waals surface area contributed by atoms with Crippen molar-refractivity contribution >= 4 is 28.5 Å². The summed E-state index contributed by atoms with van der Waals surface area (Å²) in [6.45, 7) is 0.109. The number of furan rings is 1. The molecule has 0 saturated carbocycles. The predicted octanol–water partition coefficient (Wildman–Crippen LogP) is 6.89. The number of hydrogen-bond acceptors (Lipinski definition) is 3. The van der Waals surface area contributed by atoms with Crippen molar-refractivity contribution in [3.8, 4) is 22.3 Å². The maximum Gasteiger partial charge on any atom is 0.253 e. The first-order chi connectivity index (χ1) is 16.7. The average molecular weight is 499 g/mol. The molecule has 1 saturated heterocycles. The molecule has 0 unspecified atom stereocenters. The number of amides is 1. The monoisotopic (exact) mass is 498 g/mol. The van der Waals surface area contributed by atoms with Crippen LogP contribution in [-0.4, -0.2) is 29.8 Å². The van der Waals surface area contributed by atoms with E-state index >= 15 is 4.39 Å². The van der Waals surface area contributed by atoms with E-state index in [4.69, 9.17) is 21.8 Å². The molecule has 180 valence electrons. The number of halogens is 4. The lowest BCUT2D eigenvalue weighted by Crippen LogP contribution is -2.42. The Hall–Kier alpha value is -3.29. The SMILES string of the molecule is NCc1cc2cc(-c3ccc(C(=O)N4CCC(F)(F)CC4)cc3F)cc(-c3ccc(Cl)cc3)c2o1. The van der Waals surface area contributed by atoms with Crippen molar-refractivity contribution < 1.29 is 22.4 Å². The number of hydrogen-bond donors (Lipinski definition) is 1. The normalized spacial score (nSPS) is 15.5. The van der Waals surface area contributed by atoms with E-state index in [2.05, 4.69) is 0 Å². The van der Waals surface area contributed by atoms with Gasteiger partial charge in [0, 0.05) is 53.0 Å². The third kappa shape index (κ3) is 4.66. The minimum atomic E-state index is -2.76. The quantitative estimate of drug-likeness (QED) is 0.333. The standard InChI is InChI=1S/C27H22ClF3N2O2/c28-20-4-1-16(2-5-20)23-13-18(11-19-12-21(15-32)35-25(19)23)22-6-3-17(14-24(22)29)26(34)33-9-7-27(30,31)8-10-33/h1-6,11-14H,7-10,15,32H2. The molecule has 5 rings (SSSR count). The van der Waals surface area contributed by atoms with Gasteiger partial charge < -0.3 is 15.1 Å². The van der Waals surface area contributed by atoms with Crippen LogP contribution in [0.4, 0.5) is 13.2 Å². The van der Waals surface area contributed by atoms with Gasteiger partial charge in [-0.15, -0.1) is 0 Å². The van der Waals surface area contributed by atoms with Crippen molar-refractivity contribution in [1.82, 2.24) is 4.90 Å². The van der Waals surface area contributed by atoms with Gasteiger partial charge in [-0.2, -0.15) is 0 Å². The zero-order valence-corrected chi connectivity index (χ0v) is 19.4. The molecule has 3 aromatic carbocycles. The Labute approximate surface area is 205 Å². The smallest absolute Gasteiger partial charge is 0.253 e. The molecule has 1 aliphatic heterocycles. The van der Waals surface area contributed by atoms with Gasteiger partial charge in [0.15, 0.2) is 0 Å². The Balaban J connectivity index is 1.52. The van der Waals surface area contributed by atoms with E-state index in [-0.39, 0.29) is 38.0 Å². The molecule has 1 amide bonds. The molecule has 0 bridgehead atoms. The van der Waals surface area contributed by atoms with Crippen molar-refractivity contribution in [3.05, 3.63) is 82.8 Å². The summed E-state index contributed by atoms with van der Waals surface area (Å²) in [5.41, 5.74) is 9.02. The maximum absolute atomic E-state index is 15.3. The van der Waals surface area contributed by atoms with Crippen LogP contribution in [0.25, 0.3) is 33.2 Å². The summed E-state index contributed by atoms with van der Waals surface area (Å²) in [6.07, 6.45) is -0.773. The van der Waals surface area contributed by atoms with Crippen LogP contribution in [0.1, 0.15) is 29.0 Å². The lowest BCUT2D eigenvalue weighted by molar-refractivity contribution is -0.0494. The van der Waals surface area contributed by atoms with Crippen LogP contribution in [0.3, 0.4) is 0 Å². The van der Waals surface area contributed by atoms with E-state index < -0.39 is 17.6 Å². The van der Waals surface area contributed by atoms with E-state index in [9.17, 15) is 13.6 Å². The fourth-order valence-electron chi connectivity index (χ4n) is 4.41. The second-order valence-electron chi connectivity index (χ2n) is 8.71. The molecule has 0 spiro atoms. The Morgan fingerprint density at radius 3 is 2.34 bits per heavy atom. The van der Waals surface area contributed by atoms with Gasteiger partial charge in [0.2, 0.25) is 0 Å². The number of piperidine rings is 1. The molecular formula is C27H22ClF3N2O2. The van der Waals surface area contributed by atoms with Crippen LogP contribution >= 0.6 is 11.6 Å². The number of fused-ring (bicyclic) bond motifs is 1. The number of alkyl halides is 2. The number of benzene rings is 3. The first kappa shape index (κ1) is 23.5. The highest BCUT2D eigenvalue weighted by molar-refractivity contribution is 6.30. The summed E-state index contributed by atoms with van der Waals surface area (Å²) in [5, 5.41) is 1.36. The van der Waals surface area contributed by atoms with Gasteiger partial charge in [0.05, 0.1) is 6.54 Å². The van der Waals surface area contributed by atoms with Crippen molar-refractivity contribution in [1.29, 1.82) is 0 Å². The van der Waals surface area contributed by atoms with E-state index in [1.54, 1.807) is 12.1 Å². The molecule has 1 aromatic heterocycles. The molecule has 1 fully saturated rings. The summed E-state index contributed by atoms with van der Waals surface area (Å²) in [6, 6.07) is 16.9. The Bertz CT molecular complexity index is 1410. The van der Waals surface area contributed by atoms with E-state index in [1.165, 1.54) is 17.0 Å². The van der Waals surface area contributed by atoms with Crippen molar-refractivity contribution in [2.24, 2.45) is 5.73 Å². The van der Waals surface area contributed by atoms with Gasteiger partial charge in [0.25, 0.3) is 11.8 Å². The van der Waals surface area contributed by atoms with Crippen molar-refractivity contribution in [2.75, 3.05) is 13.1 Å². The van der Waals surface area contributed by atoms with Gasteiger partial charge >= 0.3 is 0 Å². The minimum Gasteiger partial charge on any atom is -0.459 e. The fraction of sp³-hybridized carbons (Fsp3) is 0.222. The molecule has 4 nitrogen and oxygen atoms in total. The summed E-state index contributed by atoms with van der Waals surface area (Å²) in [5.74, 6) is -3.20. The molecule has 2 heterocycles. The summed E-state index contributed by atoms with van der Waals surface area (Å²) in [4.78, 5) is 14.1. The highest BCUT2D eigenvalue weighted by Crippen LogP contribution is 2.37. The molecule has 2 N–H and O–H groups in total. The molecule has 35 heavy (non-hydrogen) atoms. The van der Waals surface area contributed by atoms with Crippen LogP contribution in [0.5, 0.6) is 0 Å². The van der Waals surface area contributed by atoms with Crippen molar-refractivity contribution in [3.63, 3.8) is 0 Å². The van der Waals surface area contributed by atoms with Gasteiger partial charge in [-0.1, -0.05) is 29.8 Å². The zero-order chi connectivity index (χ0) is 24.7. The van der Waals surface area contributed by atoms with Gasteiger partial charge in [-0.05, 0) is 53.6 Å². The molecule has 1 aliphatic rings. The number of rotatable bonds is 4. The second kappa shape index (κ2) is 9.06. The van der Waals surface area contributed by atoms with Crippen molar-refractivity contribution in [2.45, 2.75) is 25.3 Å². The summed E-state index contributed by atoms with van der Waals surface area (Å²) >= 11 is 6.04. The molecule has 8 heteroatoms. The molecule has 0 radical (unpaired) electrons. The number of nitrogens with zero attached hydrogens (tertiary/aromatic N) is 1. The largest absolute Gasteiger partial charge is 0.459 e. The number of nitrogens with two attached hydrogens (primary N) is 1. The Kier molecular flexibility index (Phi) is 6.07. The minimum absolute atomic E-state index is 0.0553. The maximum atomic E-state index is 15.3. The van der Waals surface area contributed by atoms with E-state index in [0.717, 1.165) is 22.6 Å². The fourth-order valence-corrected chi connectivity index (χ4v) is 4.53. The van der Waals surface area contributed by atoms with Gasteiger partial charge in [0.1, 0.15) is 17.2 Å². The third-order valence-electron chi connectivity index (χ3n) is 6.33. The number of carbonyl (C=O) groups excluding carboxylic acids is 1. The zero-order valence-electron chi connectivity index (χ0n) is 18.7. The van der Waals surface area contributed by atoms with Crippen LogP contribution < -0.4 is 5.73 Å². The Morgan fingerprint density at radius 2 is 1.69 bits per heavy atom. The summed E-state index contributed by atoms with van der Waals surface area (Å²) in [7, 11) is 0. The number of likely N-dealkylation sites (tertiary alicyclic amines) is 1. The van der Waals surface area contributed by atoms with Crippen LogP contribution in [0.15, 0.2) is 65.1 Å². The highest BCUT2D eigenvalue weighted by atomic mass is 35.5. The third-order valence-corrected chi connectivity index (χ3v) is 6.58. The molecule has 4 aromatic rings. The lowest BCUT2D eigenvalue weighted by Gasteiger charge is -2.31. The Morgan fingerprint density at radius 1 is 0.971 bits per heavy atom. The van der Waals surface area contributed by atoms with E-state index in [1.807, 2.05) is 30.3 Å². The van der Waals surface area contributed by atoms with Crippen LogP contribution in [0, 0.1) is 5.82 Å². The van der Waals surface area contributed by atoms with Gasteiger partial charge in [-0.25, -0.2) is 13.2 Å².